The van der Waals surface area contributed by atoms with E-state index in [0.29, 0.717) is 17.3 Å². The molecular weight excluding hydrogens is 412 g/mol. The molecule has 4 nitrogen and oxygen atoms in total. The average Bonchev–Trinajstić information content (AvgIpc) is 3.04. The maximum Gasteiger partial charge on any atom is 0.341 e. The zero-order valence-corrected chi connectivity index (χ0v) is 19.9. The SMILES string of the molecule is CCOC(=O)c1c(NC(=S)Nc2c(CC)cccc2CC)sc2c1CCCCCC2. The molecule has 0 aliphatic heterocycles. The highest BCUT2D eigenvalue weighted by atomic mass is 32.1. The zero-order valence-electron chi connectivity index (χ0n) is 18.2. The number of carbonyl (C=O) groups excluding carboxylic acids is 1. The molecule has 0 unspecified atom stereocenters. The molecule has 162 valence electrons. The molecule has 1 heterocycles. The number of ether oxygens (including phenoxy) is 1. The summed E-state index contributed by atoms with van der Waals surface area (Å²) in [7, 11) is 0. The summed E-state index contributed by atoms with van der Waals surface area (Å²) in [5.41, 5.74) is 5.40. The van der Waals surface area contributed by atoms with Gasteiger partial charge in [-0.15, -0.1) is 11.3 Å². The van der Waals surface area contributed by atoms with Crippen LogP contribution in [0.4, 0.5) is 10.7 Å². The Kier molecular flexibility index (Phi) is 8.28. The quantitative estimate of drug-likeness (QED) is 0.392. The molecule has 6 heteroatoms. The van der Waals surface area contributed by atoms with Crippen LogP contribution in [-0.2, 0) is 30.4 Å². The number of rotatable bonds is 6. The Morgan fingerprint density at radius 3 is 2.33 bits per heavy atom. The maximum absolute atomic E-state index is 12.8. The Morgan fingerprint density at radius 2 is 1.70 bits per heavy atom. The van der Waals surface area contributed by atoms with Crippen LogP contribution in [0.2, 0.25) is 0 Å². The Labute approximate surface area is 189 Å². The number of benzene rings is 1. The molecule has 0 bridgehead atoms. The van der Waals surface area contributed by atoms with Gasteiger partial charge in [0.05, 0.1) is 12.2 Å². The predicted molar refractivity (Wildman–Crippen MR) is 131 cm³/mol. The lowest BCUT2D eigenvalue weighted by Gasteiger charge is -2.17. The Bertz CT molecular complexity index is 883. The number of para-hydroxylation sites is 1. The van der Waals surface area contributed by atoms with E-state index < -0.39 is 0 Å². The number of hydrogen-bond donors (Lipinski definition) is 2. The van der Waals surface area contributed by atoms with Gasteiger partial charge in [0.2, 0.25) is 0 Å². The summed E-state index contributed by atoms with van der Waals surface area (Å²) in [5, 5.41) is 8.07. The van der Waals surface area contributed by atoms with E-state index in [2.05, 4.69) is 42.7 Å². The smallest absolute Gasteiger partial charge is 0.341 e. The minimum atomic E-state index is -0.246. The number of thiophene rings is 1. The third-order valence-electron chi connectivity index (χ3n) is 5.62. The molecule has 3 rings (SSSR count). The first-order valence-electron chi connectivity index (χ1n) is 11.1. The standard InChI is InChI=1S/C24H32N2O2S2/c1-4-16-12-11-13-17(5-2)21(16)25-24(29)26-22-20(23(27)28-6-3)18-14-9-7-8-10-15-19(18)30-22/h11-13H,4-10,14-15H2,1-3H3,(H2,25,26,29). The molecule has 0 atom stereocenters. The number of nitrogens with one attached hydrogen (secondary N) is 2. The first-order valence-corrected chi connectivity index (χ1v) is 12.3. The Balaban J connectivity index is 1.90. The van der Waals surface area contributed by atoms with E-state index in [-0.39, 0.29) is 5.97 Å². The van der Waals surface area contributed by atoms with Gasteiger partial charge in [0.15, 0.2) is 5.11 Å². The molecule has 2 N–H and O–H groups in total. The van der Waals surface area contributed by atoms with Gasteiger partial charge < -0.3 is 15.4 Å². The van der Waals surface area contributed by atoms with Gasteiger partial charge in [-0.2, -0.15) is 0 Å². The number of anilines is 2. The van der Waals surface area contributed by atoms with Crippen molar-refractivity contribution in [1.82, 2.24) is 0 Å². The summed E-state index contributed by atoms with van der Waals surface area (Å²) < 4.78 is 5.40. The highest BCUT2D eigenvalue weighted by Gasteiger charge is 2.26. The normalized spacial score (nSPS) is 13.7. The lowest BCUT2D eigenvalue weighted by molar-refractivity contribution is 0.0526. The number of hydrogen-bond acceptors (Lipinski definition) is 4. The van der Waals surface area contributed by atoms with Crippen LogP contribution in [0, 0.1) is 0 Å². The third-order valence-corrected chi connectivity index (χ3v) is 7.03. The minimum absolute atomic E-state index is 0.246. The van der Waals surface area contributed by atoms with E-state index in [0.717, 1.165) is 48.4 Å². The molecular formula is C24H32N2O2S2. The van der Waals surface area contributed by atoms with Gasteiger partial charge in [-0.05, 0) is 74.4 Å². The van der Waals surface area contributed by atoms with Crippen molar-refractivity contribution in [3.05, 3.63) is 45.3 Å². The summed E-state index contributed by atoms with van der Waals surface area (Å²) in [6.07, 6.45) is 8.56. The topological polar surface area (TPSA) is 50.4 Å². The second-order valence-corrected chi connectivity index (χ2v) is 9.09. The van der Waals surface area contributed by atoms with Crippen LogP contribution in [0.25, 0.3) is 0 Å². The monoisotopic (exact) mass is 444 g/mol. The van der Waals surface area contributed by atoms with E-state index in [1.54, 1.807) is 11.3 Å². The van der Waals surface area contributed by atoms with Crippen LogP contribution in [-0.4, -0.2) is 17.7 Å². The number of esters is 1. The predicted octanol–water partition coefficient (Wildman–Crippen LogP) is 6.52. The maximum atomic E-state index is 12.8. The fraction of sp³-hybridized carbons (Fsp3) is 0.500. The molecule has 0 amide bonds. The molecule has 1 aliphatic rings. The molecule has 0 saturated heterocycles. The molecule has 0 saturated carbocycles. The van der Waals surface area contributed by atoms with E-state index >= 15 is 0 Å². The number of aryl methyl sites for hydroxylation is 3. The fourth-order valence-electron chi connectivity index (χ4n) is 4.08. The van der Waals surface area contributed by atoms with Crippen LogP contribution in [0.15, 0.2) is 18.2 Å². The van der Waals surface area contributed by atoms with Crippen molar-refractivity contribution in [2.75, 3.05) is 17.2 Å². The molecule has 2 aromatic rings. The van der Waals surface area contributed by atoms with Crippen molar-refractivity contribution >= 4 is 45.3 Å². The van der Waals surface area contributed by atoms with Crippen molar-refractivity contribution in [3.8, 4) is 0 Å². The molecule has 0 fully saturated rings. The molecule has 0 radical (unpaired) electrons. The average molecular weight is 445 g/mol. The molecule has 30 heavy (non-hydrogen) atoms. The van der Waals surface area contributed by atoms with Gasteiger partial charge in [-0.1, -0.05) is 44.9 Å². The third kappa shape index (κ3) is 5.22. The molecule has 0 spiro atoms. The lowest BCUT2D eigenvalue weighted by Crippen LogP contribution is -2.22. The van der Waals surface area contributed by atoms with Crippen molar-refractivity contribution in [2.45, 2.75) is 72.1 Å². The second-order valence-electron chi connectivity index (χ2n) is 7.58. The number of fused-ring (bicyclic) bond motifs is 1. The van der Waals surface area contributed by atoms with Gasteiger partial charge in [0.1, 0.15) is 5.00 Å². The zero-order chi connectivity index (χ0) is 21.5. The molecule has 1 aromatic carbocycles. The van der Waals surface area contributed by atoms with E-state index in [1.807, 2.05) is 6.92 Å². The summed E-state index contributed by atoms with van der Waals surface area (Å²) in [6.45, 7) is 6.51. The summed E-state index contributed by atoms with van der Waals surface area (Å²) >= 11 is 7.33. The largest absolute Gasteiger partial charge is 0.462 e. The Hall–Kier alpha value is -1.92. The number of carbonyl (C=O) groups is 1. The second kappa shape index (κ2) is 10.9. The van der Waals surface area contributed by atoms with Crippen LogP contribution in [0.5, 0.6) is 0 Å². The van der Waals surface area contributed by atoms with Gasteiger partial charge in [-0.3, -0.25) is 0 Å². The molecule has 1 aromatic heterocycles. The van der Waals surface area contributed by atoms with Crippen LogP contribution in [0.1, 0.15) is 78.4 Å². The minimum Gasteiger partial charge on any atom is -0.462 e. The van der Waals surface area contributed by atoms with Crippen LogP contribution in [0.3, 0.4) is 0 Å². The van der Waals surface area contributed by atoms with Gasteiger partial charge >= 0.3 is 5.97 Å². The van der Waals surface area contributed by atoms with E-state index in [1.165, 1.54) is 35.3 Å². The summed E-state index contributed by atoms with van der Waals surface area (Å²) in [5.74, 6) is -0.246. The Morgan fingerprint density at radius 1 is 1.03 bits per heavy atom. The molecule has 1 aliphatic carbocycles. The van der Waals surface area contributed by atoms with Crippen molar-refractivity contribution in [2.24, 2.45) is 0 Å². The van der Waals surface area contributed by atoms with Crippen molar-refractivity contribution < 1.29 is 9.53 Å². The van der Waals surface area contributed by atoms with E-state index in [9.17, 15) is 4.79 Å². The fourth-order valence-corrected chi connectivity index (χ4v) is 5.63. The van der Waals surface area contributed by atoms with Gasteiger partial charge in [0.25, 0.3) is 0 Å². The van der Waals surface area contributed by atoms with E-state index in [4.69, 9.17) is 17.0 Å². The summed E-state index contributed by atoms with van der Waals surface area (Å²) in [4.78, 5) is 14.1. The first-order chi connectivity index (χ1) is 14.6. The number of thiocarbonyl (C=S) groups is 1. The highest BCUT2D eigenvalue weighted by Crippen LogP contribution is 2.38. The van der Waals surface area contributed by atoms with Gasteiger partial charge in [-0.25, -0.2) is 4.79 Å². The highest BCUT2D eigenvalue weighted by molar-refractivity contribution is 7.80. The lowest BCUT2D eigenvalue weighted by atomic mass is 9.96. The first kappa shape index (κ1) is 22.8. The van der Waals surface area contributed by atoms with Crippen molar-refractivity contribution in [1.29, 1.82) is 0 Å². The van der Waals surface area contributed by atoms with Crippen molar-refractivity contribution in [3.63, 3.8) is 0 Å². The van der Waals surface area contributed by atoms with Crippen LogP contribution >= 0.6 is 23.6 Å². The van der Waals surface area contributed by atoms with Crippen LogP contribution < -0.4 is 10.6 Å². The summed E-state index contributed by atoms with van der Waals surface area (Å²) in [6, 6.07) is 6.35. The van der Waals surface area contributed by atoms with Gasteiger partial charge in [0, 0.05) is 10.6 Å².